The second-order valence-corrected chi connectivity index (χ2v) is 7.52. The Bertz CT molecular complexity index is 1040. The summed E-state index contributed by atoms with van der Waals surface area (Å²) in [6, 6.07) is 14.4. The van der Waals surface area contributed by atoms with Crippen molar-refractivity contribution in [2.24, 2.45) is 7.05 Å². The van der Waals surface area contributed by atoms with E-state index in [1.807, 2.05) is 24.3 Å². The number of aryl methyl sites for hydroxylation is 1. The van der Waals surface area contributed by atoms with Gasteiger partial charge in [-0.3, -0.25) is 0 Å². The van der Waals surface area contributed by atoms with Crippen molar-refractivity contribution < 1.29 is 4.74 Å². The fourth-order valence-corrected chi connectivity index (χ4v) is 3.68. The third-order valence-electron chi connectivity index (χ3n) is 5.46. The SMILES string of the molecule is Cn1nnn(-c2cccc(C3CC3)c2COc2ccccc2C2CC2)c1=O. The van der Waals surface area contributed by atoms with Gasteiger partial charge in [-0.1, -0.05) is 30.3 Å². The maximum absolute atomic E-state index is 12.4. The van der Waals surface area contributed by atoms with Gasteiger partial charge in [-0.15, -0.1) is 0 Å². The van der Waals surface area contributed by atoms with Gasteiger partial charge >= 0.3 is 5.69 Å². The highest BCUT2D eigenvalue weighted by atomic mass is 16.5. The van der Waals surface area contributed by atoms with Gasteiger partial charge in [-0.05, 0) is 71.2 Å². The summed E-state index contributed by atoms with van der Waals surface area (Å²) in [4.78, 5) is 12.4. The molecule has 0 spiro atoms. The van der Waals surface area contributed by atoms with Crippen molar-refractivity contribution >= 4 is 0 Å². The fraction of sp³-hybridized carbons (Fsp3) is 0.381. The topological polar surface area (TPSA) is 61.9 Å². The van der Waals surface area contributed by atoms with Crippen LogP contribution in [0.15, 0.2) is 47.3 Å². The van der Waals surface area contributed by atoms with Crippen LogP contribution in [-0.4, -0.2) is 19.8 Å². The van der Waals surface area contributed by atoms with Crippen LogP contribution in [0.3, 0.4) is 0 Å². The van der Waals surface area contributed by atoms with Gasteiger partial charge in [0.15, 0.2) is 0 Å². The molecule has 2 saturated carbocycles. The number of ether oxygens (including phenoxy) is 1. The highest BCUT2D eigenvalue weighted by molar-refractivity contribution is 5.48. The Morgan fingerprint density at radius 2 is 1.67 bits per heavy atom. The maximum atomic E-state index is 12.4. The largest absolute Gasteiger partial charge is 0.489 e. The van der Waals surface area contributed by atoms with Gasteiger partial charge < -0.3 is 4.74 Å². The molecular weight excluding hydrogens is 340 g/mol. The summed E-state index contributed by atoms with van der Waals surface area (Å²) in [6.45, 7) is 0.425. The Labute approximate surface area is 157 Å². The van der Waals surface area contributed by atoms with Crippen molar-refractivity contribution in [3.05, 3.63) is 69.6 Å². The quantitative estimate of drug-likeness (QED) is 0.675. The van der Waals surface area contributed by atoms with Crippen molar-refractivity contribution in [2.45, 2.75) is 44.1 Å². The van der Waals surface area contributed by atoms with Crippen LogP contribution in [0.4, 0.5) is 0 Å². The molecule has 138 valence electrons. The van der Waals surface area contributed by atoms with Gasteiger partial charge in [0.2, 0.25) is 0 Å². The first kappa shape index (κ1) is 16.3. The zero-order valence-corrected chi connectivity index (χ0v) is 15.3. The van der Waals surface area contributed by atoms with E-state index in [9.17, 15) is 4.79 Å². The summed E-state index contributed by atoms with van der Waals surface area (Å²) in [5.41, 5.74) is 4.10. The van der Waals surface area contributed by atoms with Crippen molar-refractivity contribution in [1.82, 2.24) is 19.8 Å². The van der Waals surface area contributed by atoms with Gasteiger partial charge in [0, 0.05) is 12.6 Å². The van der Waals surface area contributed by atoms with Crippen LogP contribution in [0.5, 0.6) is 5.75 Å². The van der Waals surface area contributed by atoms with Crippen LogP contribution in [0.2, 0.25) is 0 Å². The molecule has 0 saturated heterocycles. The average Bonchev–Trinajstić information content (AvgIpc) is 3.60. The summed E-state index contributed by atoms with van der Waals surface area (Å²) >= 11 is 0. The van der Waals surface area contributed by atoms with E-state index in [0.717, 1.165) is 17.0 Å². The fourth-order valence-electron chi connectivity index (χ4n) is 3.68. The third kappa shape index (κ3) is 3.05. The molecule has 0 unspecified atom stereocenters. The van der Waals surface area contributed by atoms with Gasteiger partial charge in [0.25, 0.3) is 0 Å². The molecule has 27 heavy (non-hydrogen) atoms. The first-order valence-corrected chi connectivity index (χ1v) is 9.55. The second kappa shape index (κ2) is 6.37. The molecule has 0 amide bonds. The molecule has 0 N–H and O–H groups in total. The van der Waals surface area contributed by atoms with Gasteiger partial charge in [-0.2, -0.15) is 9.36 Å². The Hall–Kier alpha value is -2.89. The number of hydrogen-bond donors (Lipinski definition) is 0. The summed E-state index contributed by atoms with van der Waals surface area (Å²) in [5, 5.41) is 7.90. The monoisotopic (exact) mass is 362 g/mol. The first-order valence-electron chi connectivity index (χ1n) is 9.55. The van der Waals surface area contributed by atoms with Crippen molar-refractivity contribution in [2.75, 3.05) is 0 Å². The summed E-state index contributed by atoms with van der Waals surface area (Å²) in [5.74, 6) is 2.12. The number of tetrazole rings is 1. The zero-order valence-electron chi connectivity index (χ0n) is 15.3. The number of aromatic nitrogens is 4. The van der Waals surface area contributed by atoms with Crippen molar-refractivity contribution in [1.29, 1.82) is 0 Å². The molecule has 5 rings (SSSR count). The van der Waals surface area contributed by atoms with E-state index in [2.05, 4.69) is 28.6 Å². The second-order valence-electron chi connectivity index (χ2n) is 7.52. The molecule has 2 aliphatic carbocycles. The lowest BCUT2D eigenvalue weighted by atomic mass is 10.0. The van der Waals surface area contributed by atoms with E-state index in [0.29, 0.717) is 18.4 Å². The normalized spacial score (nSPS) is 16.5. The molecule has 1 aromatic heterocycles. The van der Waals surface area contributed by atoms with E-state index in [-0.39, 0.29) is 5.69 Å². The molecular formula is C21H22N4O2. The van der Waals surface area contributed by atoms with Gasteiger partial charge in [-0.25, -0.2) is 4.79 Å². The van der Waals surface area contributed by atoms with Gasteiger partial charge in [0.05, 0.1) is 5.69 Å². The Balaban J connectivity index is 1.53. The summed E-state index contributed by atoms with van der Waals surface area (Å²) in [6.07, 6.45) is 4.84. The average molecular weight is 362 g/mol. The van der Waals surface area contributed by atoms with E-state index in [4.69, 9.17) is 4.74 Å². The maximum Gasteiger partial charge on any atom is 0.368 e. The van der Waals surface area contributed by atoms with E-state index < -0.39 is 0 Å². The van der Waals surface area contributed by atoms with Crippen LogP contribution in [-0.2, 0) is 13.7 Å². The highest BCUT2D eigenvalue weighted by Crippen LogP contribution is 2.45. The molecule has 0 bridgehead atoms. The molecule has 6 heteroatoms. The molecule has 1 heterocycles. The van der Waals surface area contributed by atoms with Gasteiger partial charge in [0.1, 0.15) is 12.4 Å². The van der Waals surface area contributed by atoms with Crippen LogP contribution in [0.25, 0.3) is 5.69 Å². The summed E-state index contributed by atoms with van der Waals surface area (Å²) in [7, 11) is 1.61. The number of rotatable bonds is 6. The van der Waals surface area contributed by atoms with E-state index >= 15 is 0 Å². The molecule has 0 aliphatic heterocycles. The Morgan fingerprint density at radius 1 is 0.963 bits per heavy atom. The standard InChI is InChI=1S/C21H22N4O2/c1-24-21(26)25(23-22-24)19-7-4-6-16(14-9-10-14)18(19)13-27-20-8-3-2-5-17(20)15-11-12-15/h2-8,14-15H,9-13H2,1H3. The minimum atomic E-state index is -0.248. The number of para-hydroxylation sites is 1. The predicted octanol–water partition coefficient (Wildman–Crippen LogP) is 3.30. The van der Waals surface area contributed by atoms with Crippen molar-refractivity contribution in [3.8, 4) is 11.4 Å². The molecule has 0 atom stereocenters. The summed E-state index contributed by atoms with van der Waals surface area (Å²) < 4.78 is 8.90. The zero-order chi connectivity index (χ0) is 18.4. The Morgan fingerprint density at radius 3 is 2.37 bits per heavy atom. The predicted molar refractivity (Wildman–Crippen MR) is 101 cm³/mol. The number of hydrogen-bond acceptors (Lipinski definition) is 4. The van der Waals surface area contributed by atoms with Crippen LogP contribution < -0.4 is 10.4 Å². The number of nitrogens with zero attached hydrogens (tertiary/aromatic N) is 4. The third-order valence-corrected chi connectivity index (χ3v) is 5.46. The van der Waals surface area contributed by atoms with E-state index in [1.54, 1.807) is 7.05 Å². The smallest absolute Gasteiger partial charge is 0.368 e. The highest BCUT2D eigenvalue weighted by Gasteiger charge is 2.29. The molecule has 6 nitrogen and oxygen atoms in total. The molecule has 3 aromatic rings. The minimum absolute atomic E-state index is 0.248. The lowest BCUT2D eigenvalue weighted by Gasteiger charge is -2.16. The van der Waals surface area contributed by atoms with E-state index in [1.165, 1.54) is 46.2 Å². The van der Waals surface area contributed by atoms with Crippen molar-refractivity contribution in [3.63, 3.8) is 0 Å². The number of benzene rings is 2. The molecule has 2 aliphatic rings. The Kier molecular flexibility index (Phi) is 3.85. The molecule has 2 fully saturated rings. The minimum Gasteiger partial charge on any atom is -0.489 e. The van der Waals surface area contributed by atoms with Crippen LogP contribution in [0.1, 0.15) is 54.2 Å². The lowest BCUT2D eigenvalue weighted by Crippen LogP contribution is -2.23. The molecule has 2 aromatic carbocycles. The van der Waals surface area contributed by atoms with Crippen LogP contribution in [0, 0.1) is 0 Å². The first-order chi connectivity index (χ1) is 13.2. The molecule has 0 radical (unpaired) electrons. The van der Waals surface area contributed by atoms with Crippen LogP contribution >= 0.6 is 0 Å². The lowest BCUT2D eigenvalue weighted by molar-refractivity contribution is 0.301.